The molecule has 0 spiro atoms. The number of hydrogen-bond donors (Lipinski definition) is 2. The van der Waals surface area contributed by atoms with Crippen LogP contribution >= 0.6 is 35.3 Å². The molecule has 7 nitrogen and oxygen atoms in total. The van der Waals surface area contributed by atoms with Crippen molar-refractivity contribution in [1.29, 1.82) is 0 Å². The maximum absolute atomic E-state index is 11.6. The third-order valence-electron chi connectivity index (χ3n) is 3.31. The van der Waals surface area contributed by atoms with E-state index in [1.807, 2.05) is 13.1 Å². The Labute approximate surface area is 166 Å². The second-order valence-electron chi connectivity index (χ2n) is 5.12. The number of aliphatic imine (C=N–C) groups is 1. The van der Waals surface area contributed by atoms with Gasteiger partial charge < -0.3 is 10.6 Å². The fourth-order valence-corrected chi connectivity index (χ4v) is 3.53. The van der Waals surface area contributed by atoms with E-state index in [1.165, 1.54) is 9.18 Å². The molecule has 0 bridgehead atoms. The van der Waals surface area contributed by atoms with Gasteiger partial charge in [0.2, 0.25) is 10.0 Å². The van der Waals surface area contributed by atoms with Crippen LogP contribution < -0.4 is 10.6 Å². The summed E-state index contributed by atoms with van der Waals surface area (Å²) in [5, 5.41) is 7.52. The number of rotatable bonds is 9. The van der Waals surface area contributed by atoms with Gasteiger partial charge in [0.05, 0.1) is 10.8 Å². The van der Waals surface area contributed by atoms with E-state index >= 15 is 0 Å². The van der Waals surface area contributed by atoms with Crippen LogP contribution in [0.25, 0.3) is 0 Å². The molecule has 0 saturated heterocycles. The molecule has 1 aromatic rings. The second kappa shape index (κ2) is 12.0. The number of nitrogens with zero attached hydrogens (tertiary/aromatic N) is 3. The van der Waals surface area contributed by atoms with Crippen LogP contribution in [0.2, 0.25) is 0 Å². The van der Waals surface area contributed by atoms with Gasteiger partial charge in [0, 0.05) is 51.2 Å². The van der Waals surface area contributed by atoms with Crippen molar-refractivity contribution in [2.24, 2.45) is 4.99 Å². The minimum Gasteiger partial charge on any atom is -0.356 e. The predicted octanol–water partition coefficient (Wildman–Crippen LogP) is 1.45. The second-order valence-corrected chi connectivity index (χ2v) is 8.80. The zero-order valence-corrected chi connectivity index (χ0v) is 18.7. The maximum atomic E-state index is 11.6. The van der Waals surface area contributed by atoms with Crippen LogP contribution in [0.1, 0.15) is 23.2 Å². The first-order valence-electron chi connectivity index (χ1n) is 7.69. The molecule has 0 radical (unpaired) electrons. The molecule has 0 atom stereocenters. The number of aryl methyl sites for hydroxylation is 1. The minimum absolute atomic E-state index is 0. The SMILES string of the molecule is CCS(=O)(=O)N(C)CCCNC(=NC)NCCc1ncc(C)s1.I. The Morgan fingerprint density at radius 2 is 2.04 bits per heavy atom. The molecule has 1 rings (SSSR count). The Morgan fingerprint density at radius 1 is 1.38 bits per heavy atom. The molecule has 0 amide bonds. The number of hydrogen-bond acceptors (Lipinski definition) is 5. The summed E-state index contributed by atoms with van der Waals surface area (Å²) in [6.45, 7) is 5.62. The number of aromatic nitrogens is 1. The van der Waals surface area contributed by atoms with Crippen molar-refractivity contribution in [3.8, 4) is 0 Å². The van der Waals surface area contributed by atoms with Gasteiger partial charge in [-0.05, 0) is 20.3 Å². The van der Waals surface area contributed by atoms with Crippen molar-refractivity contribution in [2.75, 3.05) is 39.5 Å². The number of sulfonamides is 1. The van der Waals surface area contributed by atoms with Crippen molar-refractivity contribution < 1.29 is 8.42 Å². The minimum atomic E-state index is -3.09. The number of nitrogens with one attached hydrogen (secondary N) is 2. The average Bonchev–Trinajstić information content (AvgIpc) is 2.94. The van der Waals surface area contributed by atoms with Gasteiger partial charge in [-0.25, -0.2) is 17.7 Å². The highest BCUT2D eigenvalue weighted by Gasteiger charge is 2.13. The molecule has 10 heteroatoms. The van der Waals surface area contributed by atoms with E-state index < -0.39 is 10.0 Å². The van der Waals surface area contributed by atoms with Crippen LogP contribution in [-0.4, -0.2) is 63.1 Å². The van der Waals surface area contributed by atoms with Crippen LogP contribution in [0.5, 0.6) is 0 Å². The van der Waals surface area contributed by atoms with Gasteiger partial charge in [-0.3, -0.25) is 4.99 Å². The summed E-state index contributed by atoms with van der Waals surface area (Å²) < 4.78 is 24.7. The summed E-state index contributed by atoms with van der Waals surface area (Å²) in [6.07, 6.45) is 3.46. The monoisotopic (exact) mass is 489 g/mol. The van der Waals surface area contributed by atoms with Crippen molar-refractivity contribution in [2.45, 2.75) is 26.7 Å². The summed E-state index contributed by atoms with van der Waals surface area (Å²) in [5.41, 5.74) is 0. The van der Waals surface area contributed by atoms with E-state index in [-0.39, 0.29) is 29.7 Å². The van der Waals surface area contributed by atoms with Gasteiger partial charge in [-0.2, -0.15) is 0 Å². The summed E-state index contributed by atoms with van der Waals surface area (Å²) in [4.78, 5) is 9.69. The van der Waals surface area contributed by atoms with Crippen molar-refractivity contribution in [3.05, 3.63) is 16.1 Å². The Morgan fingerprint density at radius 3 is 2.58 bits per heavy atom. The number of thiazole rings is 1. The molecule has 0 aliphatic heterocycles. The summed E-state index contributed by atoms with van der Waals surface area (Å²) >= 11 is 1.70. The average molecular weight is 489 g/mol. The lowest BCUT2D eigenvalue weighted by Gasteiger charge is -2.16. The zero-order chi connectivity index (χ0) is 17.3. The Balaban J connectivity index is 0.00000529. The smallest absolute Gasteiger partial charge is 0.213 e. The fourth-order valence-electron chi connectivity index (χ4n) is 1.89. The van der Waals surface area contributed by atoms with Gasteiger partial charge in [0.15, 0.2) is 5.96 Å². The lowest BCUT2D eigenvalue weighted by Crippen LogP contribution is -2.39. The molecule has 0 fully saturated rings. The highest BCUT2D eigenvalue weighted by Crippen LogP contribution is 2.10. The van der Waals surface area contributed by atoms with Gasteiger partial charge in [-0.15, -0.1) is 35.3 Å². The Kier molecular flexibility index (Phi) is 11.8. The first-order valence-corrected chi connectivity index (χ1v) is 10.1. The summed E-state index contributed by atoms with van der Waals surface area (Å²) in [5.74, 6) is 0.857. The maximum Gasteiger partial charge on any atom is 0.213 e. The largest absolute Gasteiger partial charge is 0.356 e. The Bertz CT molecular complexity index is 604. The van der Waals surface area contributed by atoms with E-state index in [4.69, 9.17) is 0 Å². The lowest BCUT2D eigenvalue weighted by molar-refractivity contribution is 0.461. The van der Waals surface area contributed by atoms with E-state index in [9.17, 15) is 8.42 Å². The van der Waals surface area contributed by atoms with E-state index in [0.717, 1.165) is 30.4 Å². The highest BCUT2D eigenvalue weighted by molar-refractivity contribution is 14.0. The van der Waals surface area contributed by atoms with Crippen LogP contribution in [0.15, 0.2) is 11.2 Å². The molecule has 2 N–H and O–H groups in total. The molecule has 0 saturated carbocycles. The molecule has 0 aliphatic carbocycles. The first kappa shape index (κ1) is 23.5. The molecule has 24 heavy (non-hydrogen) atoms. The van der Waals surface area contributed by atoms with Crippen LogP contribution in [0.4, 0.5) is 0 Å². The molecule has 0 aromatic carbocycles. The molecule has 0 unspecified atom stereocenters. The summed E-state index contributed by atoms with van der Waals surface area (Å²) in [6, 6.07) is 0. The van der Waals surface area contributed by atoms with E-state index in [1.54, 1.807) is 32.4 Å². The van der Waals surface area contributed by atoms with Crippen molar-refractivity contribution in [3.63, 3.8) is 0 Å². The topological polar surface area (TPSA) is 86.7 Å². The van der Waals surface area contributed by atoms with Crippen molar-refractivity contribution >= 4 is 51.3 Å². The van der Waals surface area contributed by atoms with E-state index in [2.05, 4.69) is 20.6 Å². The van der Waals surface area contributed by atoms with Crippen molar-refractivity contribution in [1.82, 2.24) is 19.9 Å². The van der Waals surface area contributed by atoms with Gasteiger partial charge >= 0.3 is 0 Å². The quantitative estimate of drug-likeness (QED) is 0.237. The number of guanidine groups is 1. The lowest BCUT2D eigenvalue weighted by atomic mass is 10.4. The van der Waals surface area contributed by atoms with Gasteiger partial charge in [0.1, 0.15) is 0 Å². The molecular formula is C14H28IN5O2S2. The summed E-state index contributed by atoms with van der Waals surface area (Å²) in [7, 11) is 0.238. The highest BCUT2D eigenvalue weighted by atomic mass is 127. The van der Waals surface area contributed by atoms with Gasteiger partial charge in [-0.1, -0.05) is 0 Å². The molecule has 1 heterocycles. The third-order valence-corrected chi connectivity index (χ3v) is 6.14. The Hall–Kier alpha value is -0.460. The standard InChI is InChI=1S/C14H27N5O2S2.HI/c1-5-23(20,21)19(4)10-6-8-16-14(15-3)17-9-7-13-18-11-12(2)22-13;/h11H,5-10H2,1-4H3,(H2,15,16,17);1H. The molecular weight excluding hydrogens is 461 g/mol. The molecule has 0 aliphatic rings. The van der Waals surface area contributed by atoms with Gasteiger partial charge in [0.25, 0.3) is 0 Å². The fraction of sp³-hybridized carbons (Fsp3) is 0.714. The molecule has 140 valence electrons. The van der Waals surface area contributed by atoms with E-state index in [0.29, 0.717) is 13.1 Å². The van der Waals surface area contributed by atoms with Crippen LogP contribution in [0, 0.1) is 6.92 Å². The first-order chi connectivity index (χ1) is 10.9. The third kappa shape index (κ3) is 8.58. The predicted molar refractivity (Wildman–Crippen MR) is 112 cm³/mol. The zero-order valence-electron chi connectivity index (χ0n) is 14.7. The number of halogens is 1. The molecule has 1 aromatic heterocycles. The van der Waals surface area contributed by atoms with Crippen LogP contribution in [0.3, 0.4) is 0 Å². The van der Waals surface area contributed by atoms with Crippen LogP contribution in [-0.2, 0) is 16.4 Å². The normalized spacial score (nSPS) is 12.1.